The molecular formula is C12H16N4O3S. The Bertz CT molecular complexity index is 655. The number of furan rings is 1. The average Bonchev–Trinajstić information content (AvgIpc) is 2.90. The molecule has 7 nitrogen and oxygen atoms in total. The van der Waals surface area contributed by atoms with Gasteiger partial charge in [-0.2, -0.15) is 0 Å². The Labute approximate surface area is 117 Å². The highest BCUT2D eigenvalue weighted by molar-refractivity contribution is 7.89. The maximum Gasteiger partial charge on any atom is 0.244 e. The summed E-state index contributed by atoms with van der Waals surface area (Å²) in [5.41, 5.74) is 2.63. The van der Waals surface area contributed by atoms with Gasteiger partial charge >= 0.3 is 0 Å². The molecule has 0 aromatic carbocycles. The van der Waals surface area contributed by atoms with Crippen LogP contribution >= 0.6 is 0 Å². The monoisotopic (exact) mass is 296 g/mol. The molecule has 0 radical (unpaired) electrons. The molecule has 2 heterocycles. The van der Waals surface area contributed by atoms with Crippen LogP contribution in [0, 0.1) is 0 Å². The van der Waals surface area contributed by atoms with Crippen LogP contribution in [-0.2, 0) is 16.4 Å². The Balaban J connectivity index is 2.14. The van der Waals surface area contributed by atoms with Crippen LogP contribution in [0.1, 0.15) is 12.7 Å². The van der Waals surface area contributed by atoms with Crippen molar-refractivity contribution in [2.75, 3.05) is 5.43 Å². The molecule has 0 aliphatic rings. The average molecular weight is 296 g/mol. The minimum Gasteiger partial charge on any atom is -0.469 e. The van der Waals surface area contributed by atoms with E-state index in [-0.39, 0.29) is 16.6 Å². The quantitative estimate of drug-likeness (QED) is 0.539. The molecule has 0 amide bonds. The van der Waals surface area contributed by atoms with Crippen molar-refractivity contribution in [3.63, 3.8) is 0 Å². The predicted octanol–water partition coefficient (Wildman–Crippen LogP) is 0.870. The van der Waals surface area contributed by atoms with E-state index in [9.17, 15) is 8.42 Å². The second-order valence-corrected chi connectivity index (χ2v) is 6.00. The lowest BCUT2D eigenvalue weighted by molar-refractivity contribution is 0.479. The Morgan fingerprint density at radius 3 is 2.90 bits per heavy atom. The Morgan fingerprint density at radius 1 is 1.45 bits per heavy atom. The molecule has 2 rings (SSSR count). The standard InChI is InChI=1S/C12H16N4O3S/c1-9(7-10-3-2-6-19-10)16-20(17,18)12-8-14-5-4-11(12)15-13/h2-6,8-9,16H,7,13H2,1H3,(H,14,15). The maximum absolute atomic E-state index is 12.3. The number of rotatable bonds is 6. The van der Waals surface area contributed by atoms with E-state index in [1.165, 1.54) is 18.5 Å². The Hall–Kier alpha value is -1.90. The fourth-order valence-corrected chi connectivity index (χ4v) is 3.17. The van der Waals surface area contributed by atoms with Crippen molar-refractivity contribution < 1.29 is 12.8 Å². The van der Waals surface area contributed by atoms with Crippen molar-refractivity contribution in [3.05, 3.63) is 42.6 Å². The summed E-state index contributed by atoms with van der Waals surface area (Å²) in [6.45, 7) is 1.76. The highest BCUT2D eigenvalue weighted by Crippen LogP contribution is 2.18. The van der Waals surface area contributed by atoms with Crippen molar-refractivity contribution in [2.45, 2.75) is 24.3 Å². The third-order valence-electron chi connectivity index (χ3n) is 2.67. The molecule has 0 saturated carbocycles. The molecule has 1 atom stereocenters. The molecule has 0 saturated heterocycles. The van der Waals surface area contributed by atoms with Crippen LogP contribution in [0.2, 0.25) is 0 Å². The smallest absolute Gasteiger partial charge is 0.244 e. The number of nitrogen functional groups attached to an aromatic ring is 1. The fraction of sp³-hybridized carbons (Fsp3) is 0.250. The van der Waals surface area contributed by atoms with Gasteiger partial charge in [0.15, 0.2) is 0 Å². The molecule has 0 spiro atoms. The number of anilines is 1. The van der Waals surface area contributed by atoms with Crippen molar-refractivity contribution >= 4 is 15.7 Å². The summed E-state index contributed by atoms with van der Waals surface area (Å²) >= 11 is 0. The van der Waals surface area contributed by atoms with Crippen LogP contribution in [0.5, 0.6) is 0 Å². The first-order valence-corrected chi connectivity index (χ1v) is 7.46. The van der Waals surface area contributed by atoms with Crippen LogP contribution in [-0.4, -0.2) is 19.4 Å². The van der Waals surface area contributed by atoms with Gasteiger partial charge in [-0.25, -0.2) is 13.1 Å². The van der Waals surface area contributed by atoms with Crippen LogP contribution < -0.4 is 16.0 Å². The molecular weight excluding hydrogens is 280 g/mol. The molecule has 0 aliphatic heterocycles. The number of sulfonamides is 1. The van der Waals surface area contributed by atoms with E-state index in [0.29, 0.717) is 12.2 Å². The number of aromatic nitrogens is 1. The molecule has 2 aromatic heterocycles. The van der Waals surface area contributed by atoms with Gasteiger partial charge in [0.1, 0.15) is 10.7 Å². The number of pyridine rings is 1. The van der Waals surface area contributed by atoms with Crippen molar-refractivity contribution in [3.8, 4) is 0 Å². The molecule has 2 aromatic rings. The van der Waals surface area contributed by atoms with E-state index >= 15 is 0 Å². The number of hydrogen-bond acceptors (Lipinski definition) is 6. The zero-order valence-corrected chi connectivity index (χ0v) is 11.7. The van der Waals surface area contributed by atoms with E-state index in [1.807, 2.05) is 0 Å². The largest absolute Gasteiger partial charge is 0.469 e. The summed E-state index contributed by atoms with van der Waals surface area (Å²) in [4.78, 5) is 3.82. The fourth-order valence-electron chi connectivity index (χ4n) is 1.81. The second-order valence-electron chi connectivity index (χ2n) is 4.32. The molecule has 20 heavy (non-hydrogen) atoms. The van der Waals surface area contributed by atoms with E-state index < -0.39 is 10.0 Å². The zero-order chi connectivity index (χ0) is 14.6. The van der Waals surface area contributed by atoms with E-state index in [2.05, 4.69) is 15.1 Å². The number of hydrogen-bond donors (Lipinski definition) is 3. The minimum absolute atomic E-state index is 0.00814. The summed E-state index contributed by atoms with van der Waals surface area (Å²) in [7, 11) is -3.70. The first-order chi connectivity index (χ1) is 9.53. The van der Waals surface area contributed by atoms with Gasteiger partial charge in [0, 0.05) is 24.9 Å². The van der Waals surface area contributed by atoms with E-state index in [4.69, 9.17) is 10.3 Å². The van der Waals surface area contributed by atoms with Gasteiger partial charge in [0.05, 0.1) is 12.0 Å². The summed E-state index contributed by atoms with van der Waals surface area (Å²) in [6.07, 6.45) is 4.71. The SMILES string of the molecule is CC(Cc1ccco1)NS(=O)(=O)c1cnccc1NN. The zero-order valence-electron chi connectivity index (χ0n) is 10.9. The summed E-state index contributed by atoms with van der Waals surface area (Å²) in [5, 5.41) is 0. The number of nitrogens with zero attached hydrogens (tertiary/aromatic N) is 1. The minimum atomic E-state index is -3.70. The lowest BCUT2D eigenvalue weighted by Crippen LogP contribution is -2.34. The molecule has 8 heteroatoms. The van der Waals surface area contributed by atoms with Crippen LogP contribution in [0.15, 0.2) is 46.2 Å². The van der Waals surface area contributed by atoms with Crippen LogP contribution in [0.4, 0.5) is 5.69 Å². The first kappa shape index (κ1) is 14.5. The van der Waals surface area contributed by atoms with Gasteiger partial charge in [0.2, 0.25) is 10.0 Å². The highest BCUT2D eigenvalue weighted by Gasteiger charge is 2.21. The Kier molecular flexibility index (Phi) is 4.38. The van der Waals surface area contributed by atoms with Crippen molar-refractivity contribution in [1.29, 1.82) is 0 Å². The third kappa shape index (κ3) is 3.35. The van der Waals surface area contributed by atoms with Crippen LogP contribution in [0.3, 0.4) is 0 Å². The van der Waals surface area contributed by atoms with Gasteiger partial charge in [0.25, 0.3) is 0 Å². The molecule has 0 bridgehead atoms. The predicted molar refractivity (Wildman–Crippen MR) is 74.2 cm³/mol. The van der Waals surface area contributed by atoms with Gasteiger partial charge in [-0.1, -0.05) is 0 Å². The number of hydrazine groups is 1. The first-order valence-electron chi connectivity index (χ1n) is 5.98. The molecule has 0 fully saturated rings. The lowest BCUT2D eigenvalue weighted by Gasteiger charge is -2.14. The summed E-state index contributed by atoms with van der Waals surface area (Å²) in [6, 6.07) is 4.72. The van der Waals surface area contributed by atoms with Crippen molar-refractivity contribution in [1.82, 2.24) is 9.71 Å². The van der Waals surface area contributed by atoms with Gasteiger partial charge in [-0.15, -0.1) is 0 Å². The van der Waals surface area contributed by atoms with Gasteiger partial charge in [-0.3, -0.25) is 10.8 Å². The number of nitrogens with two attached hydrogens (primary N) is 1. The van der Waals surface area contributed by atoms with Crippen molar-refractivity contribution in [2.24, 2.45) is 5.84 Å². The van der Waals surface area contributed by atoms with Gasteiger partial charge in [-0.05, 0) is 25.1 Å². The molecule has 4 N–H and O–H groups in total. The number of nitrogens with one attached hydrogen (secondary N) is 2. The van der Waals surface area contributed by atoms with E-state index in [0.717, 1.165) is 0 Å². The second kappa shape index (κ2) is 6.04. The summed E-state index contributed by atoms with van der Waals surface area (Å²) < 4.78 is 32.3. The third-order valence-corrected chi connectivity index (χ3v) is 4.29. The Morgan fingerprint density at radius 2 is 2.25 bits per heavy atom. The molecule has 0 aliphatic carbocycles. The summed E-state index contributed by atoms with van der Waals surface area (Å²) in [5.74, 6) is 6.01. The van der Waals surface area contributed by atoms with E-state index in [1.54, 1.807) is 25.3 Å². The molecule has 1 unspecified atom stereocenters. The van der Waals surface area contributed by atoms with Crippen LogP contribution in [0.25, 0.3) is 0 Å². The molecule has 108 valence electrons. The van der Waals surface area contributed by atoms with Gasteiger partial charge < -0.3 is 9.84 Å². The normalized spacial score (nSPS) is 13.1. The highest BCUT2D eigenvalue weighted by atomic mass is 32.2. The maximum atomic E-state index is 12.3. The topological polar surface area (TPSA) is 110 Å². The lowest BCUT2D eigenvalue weighted by atomic mass is 10.2.